The van der Waals surface area contributed by atoms with E-state index in [1.165, 1.54) is 0 Å². The Bertz CT molecular complexity index is 666. The molecular weight excluding hydrogens is 462 g/mol. The van der Waals surface area contributed by atoms with Crippen molar-refractivity contribution in [3.8, 4) is 0 Å². The van der Waals surface area contributed by atoms with Crippen LogP contribution in [0.2, 0.25) is 0 Å². The van der Waals surface area contributed by atoms with E-state index in [4.69, 9.17) is 0 Å². The van der Waals surface area contributed by atoms with Gasteiger partial charge in [0.25, 0.3) is 5.91 Å². The first-order valence-corrected chi connectivity index (χ1v) is 8.71. The summed E-state index contributed by atoms with van der Waals surface area (Å²) < 4.78 is 2.66. The van der Waals surface area contributed by atoms with E-state index in [2.05, 4.69) is 53.1 Å². The minimum Gasteiger partial charge on any atom is -0.343 e. The SMILES string of the molecule is CC(C)(NC(=O)c1cc(Br)ccc1Br)c1ccc(Br)cc1. The van der Waals surface area contributed by atoms with E-state index in [1.54, 1.807) is 6.07 Å². The molecule has 21 heavy (non-hydrogen) atoms. The van der Waals surface area contributed by atoms with E-state index >= 15 is 0 Å². The van der Waals surface area contributed by atoms with Crippen LogP contribution in [-0.4, -0.2) is 5.91 Å². The second-order valence-corrected chi connectivity index (χ2v) is 7.90. The minimum atomic E-state index is -0.459. The van der Waals surface area contributed by atoms with Gasteiger partial charge in [-0.2, -0.15) is 0 Å². The van der Waals surface area contributed by atoms with Gasteiger partial charge in [-0.1, -0.05) is 44.0 Å². The zero-order valence-electron chi connectivity index (χ0n) is 11.6. The molecule has 0 saturated carbocycles. The minimum absolute atomic E-state index is 0.115. The van der Waals surface area contributed by atoms with Gasteiger partial charge in [0.2, 0.25) is 0 Å². The molecule has 2 aromatic carbocycles. The van der Waals surface area contributed by atoms with Crippen molar-refractivity contribution in [3.63, 3.8) is 0 Å². The molecule has 0 aromatic heterocycles. The van der Waals surface area contributed by atoms with E-state index in [0.29, 0.717) is 5.56 Å². The van der Waals surface area contributed by atoms with Crippen molar-refractivity contribution in [2.45, 2.75) is 19.4 Å². The Kier molecular flexibility index (Phi) is 5.28. The lowest BCUT2D eigenvalue weighted by Crippen LogP contribution is -2.41. The molecule has 5 heteroatoms. The molecule has 0 atom stereocenters. The van der Waals surface area contributed by atoms with Crippen LogP contribution in [0.15, 0.2) is 55.9 Å². The predicted molar refractivity (Wildman–Crippen MR) is 96.5 cm³/mol. The third kappa shape index (κ3) is 4.18. The van der Waals surface area contributed by atoms with Gasteiger partial charge in [0.05, 0.1) is 11.1 Å². The second kappa shape index (κ2) is 6.63. The van der Waals surface area contributed by atoms with Crippen LogP contribution in [0.25, 0.3) is 0 Å². The Labute approximate surface area is 149 Å². The molecule has 0 saturated heterocycles. The molecular formula is C16H14Br3NO. The molecule has 2 nitrogen and oxygen atoms in total. The molecule has 1 N–H and O–H groups in total. The lowest BCUT2D eigenvalue weighted by molar-refractivity contribution is 0.0911. The highest BCUT2D eigenvalue weighted by Gasteiger charge is 2.24. The maximum Gasteiger partial charge on any atom is 0.253 e. The summed E-state index contributed by atoms with van der Waals surface area (Å²) in [7, 11) is 0. The Morgan fingerprint density at radius 2 is 1.52 bits per heavy atom. The standard InChI is InChI=1S/C16H14Br3NO/c1-16(2,10-3-5-11(17)6-4-10)20-15(21)13-9-12(18)7-8-14(13)19/h3-9H,1-2H3,(H,20,21). The lowest BCUT2D eigenvalue weighted by Gasteiger charge is -2.27. The van der Waals surface area contributed by atoms with Gasteiger partial charge in [-0.05, 0) is 65.7 Å². The molecule has 0 unspecified atom stereocenters. The van der Waals surface area contributed by atoms with E-state index < -0.39 is 5.54 Å². The van der Waals surface area contributed by atoms with Crippen molar-refractivity contribution < 1.29 is 4.79 Å². The number of halogens is 3. The van der Waals surface area contributed by atoms with Gasteiger partial charge >= 0.3 is 0 Å². The van der Waals surface area contributed by atoms with Crippen molar-refractivity contribution in [3.05, 3.63) is 67.0 Å². The fourth-order valence-electron chi connectivity index (χ4n) is 1.96. The molecule has 2 aromatic rings. The Balaban J connectivity index is 2.25. The number of rotatable bonds is 3. The normalized spacial score (nSPS) is 11.3. The fourth-order valence-corrected chi connectivity index (χ4v) is 3.01. The topological polar surface area (TPSA) is 29.1 Å². The zero-order valence-corrected chi connectivity index (χ0v) is 16.3. The van der Waals surface area contributed by atoms with Gasteiger partial charge in [0, 0.05) is 13.4 Å². The number of hydrogen-bond acceptors (Lipinski definition) is 1. The summed E-state index contributed by atoms with van der Waals surface area (Å²) in [5, 5.41) is 3.07. The van der Waals surface area contributed by atoms with Crippen LogP contribution in [0, 0.1) is 0 Å². The van der Waals surface area contributed by atoms with Gasteiger partial charge in [-0.3, -0.25) is 4.79 Å². The molecule has 0 bridgehead atoms. The van der Waals surface area contributed by atoms with Crippen molar-refractivity contribution in [2.75, 3.05) is 0 Å². The van der Waals surface area contributed by atoms with Crippen LogP contribution in [0.5, 0.6) is 0 Å². The van der Waals surface area contributed by atoms with Crippen molar-refractivity contribution in [1.29, 1.82) is 0 Å². The number of nitrogens with one attached hydrogen (secondary N) is 1. The number of hydrogen-bond donors (Lipinski definition) is 1. The summed E-state index contributed by atoms with van der Waals surface area (Å²) in [5.74, 6) is -0.115. The largest absolute Gasteiger partial charge is 0.343 e. The third-order valence-electron chi connectivity index (χ3n) is 3.16. The van der Waals surface area contributed by atoms with Crippen molar-refractivity contribution in [1.82, 2.24) is 5.32 Å². The first-order chi connectivity index (χ1) is 9.79. The van der Waals surface area contributed by atoms with Crippen molar-refractivity contribution in [2.24, 2.45) is 0 Å². The van der Waals surface area contributed by atoms with E-state index in [9.17, 15) is 4.79 Å². The smallest absolute Gasteiger partial charge is 0.253 e. The van der Waals surface area contributed by atoms with Crippen LogP contribution in [0.1, 0.15) is 29.8 Å². The molecule has 110 valence electrons. The predicted octanol–water partition coefficient (Wildman–Crippen LogP) is 5.64. The maximum atomic E-state index is 12.5. The van der Waals surface area contributed by atoms with E-state index in [0.717, 1.165) is 19.0 Å². The molecule has 0 aliphatic rings. The monoisotopic (exact) mass is 473 g/mol. The molecule has 0 spiro atoms. The molecule has 0 heterocycles. The van der Waals surface area contributed by atoms with Crippen molar-refractivity contribution >= 4 is 53.7 Å². The summed E-state index contributed by atoms with van der Waals surface area (Å²) in [6, 6.07) is 13.5. The molecule has 1 amide bonds. The lowest BCUT2D eigenvalue weighted by atomic mass is 9.94. The van der Waals surface area contributed by atoms with Crippen LogP contribution in [-0.2, 0) is 5.54 Å². The molecule has 0 fully saturated rings. The quantitative estimate of drug-likeness (QED) is 0.611. The van der Waals surface area contributed by atoms with Crippen LogP contribution < -0.4 is 5.32 Å². The highest BCUT2D eigenvalue weighted by Crippen LogP contribution is 2.25. The van der Waals surface area contributed by atoms with Crippen LogP contribution in [0.3, 0.4) is 0 Å². The summed E-state index contributed by atoms with van der Waals surface area (Å²) in [6.07, 6.45) is 0. The first kappa shape index (κ1) is 16.7. The highest BCUT2D eigenvalue weighted by molar-refractivity contribution is 9.11. The second-order valence-electron chi connectivity index (χ2n) is 5.21. The van der Waals surface area contributed by atoms with Crippen LogP contribution in [0.4, 0.5) is 0 Å². The average molecular weight is 476 g/mol. The Morgan fingerprint density at radius 1 is 0.952 bits per heavy atom. The number of carbonyl (C=O) groups excluding carboxylic acids is 1. The Hall–Kier alpha value is -0.650. The number of amides is 1. The summed E-state index contributed by atoms with van der Waals surface area (Å²) in [4.78, 5) is 12.5. The molecule has 0 aliphatic carbocycles. The van der Waals surface area contributed by atoms with Crippen LogP contribution >= 0.6 is 47.8 Å². The van der Waals surface area contributed by atoms with Gasteiger partial charge < -0.3 is 5.32 Å². The van der Waals surface area contributed by atoms with Gasteiger partial charge in [0.15, 0.2) is 0 Å². The Morgan fingerprint density at radius 3 is 2.14 bits per heavy atom. The molecule has 0 aliphatic heterocycles. The molecule has 0 radical (unpaired) electrons. The fraction of sp³-hybridized carbons (Fsp3) is 0.188. The number of carbonyl (C=O) groups is 1. The van der Waals surface area contributed by atoms with Gasteiger partial charge in [-0.15, -0.1) is 0 Å². The number of benzene rings is 2. The van der Waals surface area contributed by atoms with Gasteiger partial charge in [0.1, 0.15) is 0 Å². The maximum absolute atomic E-state index is 12.5. The summed E-state index contributed by atoms with van der Waals surface area (Å²) >= 11 is 10.2. The average Bonchev–Trinajstić information content (AvgIpc) is 2.41. The van der Waals surface area contributed by atoms with Gasteiger partial charge in [-0.25, -0.2) is 0 Å². The highest BCUT2D eigenvalue weighted by atomic mass is 79.9. The first-order valence-electron chi connectivity index (χ1n) is 6.33. The summed E-state index contributed by atoms with van der Waals surface area (Å²) in [5.41, 5.74) is 1.19. The van der Waals surface area contributed by atoms with E-state index in [1.807, 2.05) is 50.2 Å². The molecule has 2 rings (SSSR count). The zero-order chi connectivity index (χ0) is 15.6. The summed E-state index contributed by atoms with van der Waals surface area (Å²) in [6.45, 7) is 3.97. The third-order valence-corrected chi connectivity index (χ3v) is 4.88. The van der Waals surface area contributed by atoms with E-state index in [-0.39, 0.29) is 5.91 Å².